The molecule has 1 aromatic heterocycles. The molecule has 4 nitrogen and oxygen atoms in total. The first kappa shape index (κ1) is 12.8. The number of aromatic nitrogens is 1. The minimum Gasteiger partial charge on any atom is -0.481 e. The van der Waals surface area contributed by atoms with Crippen molar-refractivity contribution < 1.29 is 18.6 Å². The van der Waals surface area contributed by atoms with Gasteiger partial charge < -0.3 is 15.2 Å². The smallest absolute Gasteiger partial charge is 0.265 e. The van der Waals surface area contributed by atoms with E-state index in [9.17, 15) is 8.78 Å². The van der Waals surface area contributed by atoms with Crippen LogP contribution in [0, 0.1) is 0 Å². The van der Waals surface area contributed by atoms with Crippen molar-refractivity contribution in [2.45, 2.75) is 19.1 Å². The second kappa shape index (κ2) is 6.34. The number of aliphatic hydroxyl groups is 1. The van der Waals surface area contributed by atoms with Gasteiger partial charge in [-0.15, -0.1) is 0 Å². The van der Waals surface area contributed by atoms with Crippen molar-refractivity contribution in [3.8, 4) is 5.88 Å². The van der Waals surface area contributed by atoms with Gasteiger partial charge in [-0.05, 0) is 6.07 Å². The molecule has 0 saturated carbocycles. The van der Waals surface area contributed by atoms with Gasteiger partial charge in [0.15, 0.2) is 0 Å². The fourth-order valence-electron chi connectivity index (χ4n) is 1.19. The third-order valence-electron chi connectivity index (χ3n) is 2.00. The zero-order valence-corrected chi connectivity index (χ0v) is 8.86. The van der Waals surface area contributed by atoms with E-state index in [0.29, 0.717) is 12.4 Å². The minimum atomic E-state index is -2.73. The molecule has 0 fully saturated rings. The van der Waals surface area contributed by atoms with Crippen LogP contribution in [0.5, 0.6) is 5.88 Å². The molecule has 0 amide bonds. The lowest BCUT2D eigenvalue weighted by molar-refractivity contribution is -0.00342. The summed E-state index contributed by atoms with van der Waals surface area (Å²) in [6.07, 6.45) is -2.80. The van der Waals surface area contributed by atoms with Gasteiger partial charge in [0, 0.05) is 24.8 Å². The van der Waals surface area contributed by atoms with Gasteiger partial charge in [-0.1, -0.05) is 6.07 Å². The average Bonchev–Trinajstić information content (AvgIpc) is 2.29. The molecule has 1 rings (SSSR count). The van der Waals surface area contributed by atoms with Crippen LogP contribution in [-0.4, -0.2) is 36.3 Å². The van der Waals surface area contributed by atoms with Crippen molar-refractivity contribution in [1.29, 1.82) is 0 Å². The van der Waals surface area contributed by atoms with Crippen LogP contribution in [0.1, 0.15) is 5.56 Å². The highest BCUT2D eigenvalue weighted by atomic mass is 19.3. The lowest BCUT2D eigenvalue weighted by Gasteiger charge is -2.11. The number of halogens is 2. The average molecular weight is 232 g/mol. The standard InChI is InChI=1S/C10H14F2N2O2/c1-16-10-7(3-2-4-14-10)5-13-6-8(15)9(11)12/h2-4,8-9,13,15H,5-6H2,1H3. The van der Waals surface area contributed by atoms with Crippen LogP contribution in [0.25, 0.3) is 0 Å². The highest BCUT2D eigenvalue weighted by molar-refractivity contribution is 5.24. The van der Waals surface area contributed by atoms with E-state index in [0.717, 1.165) is 5.56 Å². The van der Waals surface area contributed by atoms with Crippen LogP contribution < -0.4 is 10.1 Å². The number of hydrogen-bond donors (Lipinski definition) is 2. The summed E-state index contributed by atoms with van der Waals surface area (Å²) < 4.78 is 28.9. The number of rotatable bonds is 6. The molecule has 1 atom stereocenters. The zero-order chi connectivity index (χ0) is 12.0. The van der Waals surface area contributed by atoms with E-state index in [1.807, 2.05) is 0 Å². The summed E-state index contributed by atoms with van der Waals surface area (Å²) in [5, 5.41) is 11.6. The predicted molar refractivity (Wildman–Crippen MR) is 54.5 cm³/mol. The number of ether oxygens (including phenoxy) is 1. The number of nitrogens with one attached hydrogen (secondary N) is 1. The zero-order valence-electron chi connectivity index (χ0n) is 8.86. The molecule has 1 aromatic rings. The molecule has 0 bridgehead atoms. The van der Waals surface area contributed by atoms with E-state index < -0.39 is 12.5 Å². The normalized spacial score (nSPS) is 12.8. The lowest BCUT2D eigenvalue weighted by atomic mass is 10.2. The van der Waals surface area contributed by atoms with Crippen molar-refractivity contribution in [3.63, 3.8) is 0 Å². The molecule has 90 valence electrons. The summed E-state index contributed by atoms with van der Waals surface area (Å²) in [4.78, 5) is 3.96. The molecule has 0 aromatic carbocycles. The molecule has 2 N–H and O–H groups in total. The first-order valence-corrected chi connectivity index (χ1v) is 4.80. The van der Waals surface area contributed by atoms with Gasteiger partial charge in [-0.3, -0.25) is 0 Å². The lowest BCUT2D eigenvalue weighted by Crippen LogP contribution is -2.31. The van der Waals surface area contributed by atoms with Gasteiger partial charge in [0.05, 0.1) is 7.11 Å². The number of methoxy groups -OCH3 is 1. The molecule has 0 aliphatic heterocycles. The Morgan fingerprint density at radius 3 is 2.94 bits per heavy atom. The van der Waals surface area contributed by atoms with E-state index in [4.69, 9.17) is 9.84 Å². The van der Waals surface area contributed by atoms with E-state index in [2.05, 4.69) is 10.3 Å². The van der Waals surface area contributed by atoms with Crippen molar-refractivity contribution >= 4 is 0 Å². The number of pyridine rings is 1. The maximum absolute atomic E-state index is 12.0. The summed E-state index contributed by atoms with van der Waals surface area (Å²) in [6.45, 7) is 0.149. The monoisotopic (exact) mass is 232 g/mol. The second-order valence-corrected chi connectivity index (χ2v) is 3.20. The van der Waals surface area contributed by atoms with Gasteiger partial charge in [0.25, 0.3) is 6.43 Å². The summed E-state index contributed by atoms with van der Waals surface area (Å²) in [5.41, 5.74) is 0.756. The summed E-state index contributed by atoms with van der Waals surface area (Å²) in [6, 6.07) is 3.50. The Labute approximate surface area is 92.3 Å². The topological polar surface area (TPSA) is 54.4 Å². The van der Waals surface area contributed by atoms with E-state index in [-0.39, 0.29) is 6.54 Å². The Kier molecular flexibility index (Phi) is 5.07. The Morgan fingerprint density at radius 2 is 2.31 bits per heavy atom. The number of aliphatic hydroxyl groups excluding tert-OH is 1. The maximum atomic E-state index is 12.0. The van der Waals surface area contributed by atoms with Crippen molar-refractivity contribution in [1.82, 2.24) is 10.3 Å². The highest BCUT2D eigenvalue weighted by Gasteiger charge is 2.15. The summed E-state index contributed by atoms with van der Waals surface area (Å²) >= 11 is 0. The number of hydrogen-bond acceptors (Lipinski definition) is 4. The quantitative estimate of drug-likeness (QED) is 0.762. The molecule has 16 heavy (non-hydrogen) atoms. The highest BCUT2D eigenvalue weighted by Crippen LogP contribution is 2.12. The molecular weight excluding hydrogens is 218 g/mol. The Morgan fingerprint density at radius 1 is 1.56 bits per heavy atom. The van der Waals surface area contributed by atoms with Crippen molar-refractivity contribution in [3.05, 3.63) is 23.9 Å². The maximum Gasteiger partial charge on any atom is 0.265 e. The SMILES string of the molecule is COc1ncccc1CNCC(O)C(F)F. The van der Waals surface area contributed by atoms with Gasteiger partial charge in [-0.2, -0.15) is 0 Å². The molecule has 1 unspecified atom stereocenters. The fraction of sp³-hybridized carbons (Fsp3) is 0.500. The number of nitrogens with zero attached hydrogens (tertiary/aromatic N) is 1. The molecule has 0 aliphatic carbocycles. The van der Waals surface area contributed by atoms with E-state index in [1.54, 1.807) is 18.3 Å². The van der Waals surface area contributed by atoms with Crippen LogP contribution in [0.3, 0.4) is 0 Å². The molecule has 0 spiro atoms. The Balaban J connectivity index is 2.42. The molecule has 0 aliphatic rings. The van der Waals surface area contributed by atoms with Gasteiger partial charge in [0.2, 0.25) is 5.88 Å². The van der Waals surface area contributed by atoms with Gasteiger partial charge in [-0.25, -0.2) is 13.8 Å². The predicted octanol–water partition coefficient (Wildman–Crippen LogP) is 0.806. The summed E-state index contributed by atoms with van der Waals surface area (Å²) in [5.74, 6) is 0.446. The molecule has 1 heterocycles. The Hall–Kier alpha value is -1.27. The third kappa shape index (κ3) is 3.71. The summed E-state index contributed by atoms with van der Waals surface area (Å²) in [7, 11) is 1.49. The molecular formula is C10H14F2N2O2. The van der Waals surface area contributed by atoms with E-state index >= 15 is 0 Å². The van der Waals surface area contributed by atoms with Gasteiger partial charge in [0.1, 0.15) is 6.10 Å². The molecule has 0 saturated heterocycles. The second-order valence-electron chi connectivity index (χ2n) is 3.20. The van der Waals surface area contributed by atoms with Crippen molar-refractivity contribution in [2.75, 3.05) is 13.7 Å². The first-order valence-electron chi connectivity index (χ1n) is 4.80. The first-order chi connectivity index (χ1) is 7.65. The van der Waals surface area contributed by atoms with Crippen LogP contribution in [0.15, 0.2) is 18.3 Å². The van der Waals surface area contributed by atoms with Gasteiger partial charge >= 0.3 is 0 Å². The van der Waals surface area contributed by atoms with Crippen LogP contribution in [0.4, 0.5) is 8.78 Å². The Bertz CT molecular complexity index is 323. The molecule has 6 heteroatoms. The van der Waals surface area contributed by atoms with Crippen LogP contribution >= 0.6 is 0 Å². The third-order valence-corrected chi connectivity index (χ3v) is 2.00. The number of alkyl halides is 2. The van der Waals surface area contributed by atoms with Crippen molar-refractivity contribution in [2.24, 2.45) is 0 Å². The van der Waals surface area contributed by atoms with Crippen LogP contribution in [0.2, 0.25) is 0 Å². The minimum absolute atomic E-state index is 0.171. The molecule has 0 radical (unpaired) electrons. The largest absolute Gasteiger partial charge is 0.481 e. The van der Waals surface area contributed by atoms with E-state index in [1.165, 1.54) is 7.11 Å². The fourth-order valence-corrected chi connectivity index (χ4v) is 1.19. The van der Waals surface area contributed by atoms with Crippen LogP contribution in [-0.2, 0) is 6.54 Å².